The van der Waals surface area contributed by atoms with Crippen LogP contribution in [0.15, 0.2) is 23.4 Å². The summed E-state index contributed by atoms with van der Waals surface area (Å²) in [6, 6.07) is 5.16. The Morgan fingerprint density at radius 3 is 2.65 bits per heavy atom. The van der Waals surface area contributed by atoms with E-state index in [4.69, 9.17) is 23.2 Å². The molecule has 1 fully saturated rings. The number of aromatic nitrogens is 3. The smallest absolute Gasteiger partial charge is 0.233 e. The lowest BCUT2D eigenvalue weighted by atomic mass is 10.2. The molecule has 1 atom stereocenters. The van der Waals surface area contributed by atoms with Crippen LogP contribution in [-0.4, -0.2) is 32.9 Å². The highest BCUT2D eigenvalue weighted by atomic mass is 35.5. The molecule has 0 bridgehead atoms. The average Bonchev–Trinajstić information content (AvgIpc) is 2.99. The van der Waals surface area contributed by atoms with Crippen LogP contribution in [0.2, 0.25) is 10.0 Å². The zero-order valence-corrected chi connectivity index (χ0v) is 12.5. The van der Waals surface area contributed by atoms with Gasteiger partial charge in [-0.15, -0.1) is 5.10 Å². The molecule has 0 unspecified atom stereocenters. The van der Waals surface area contributed by atoms with E-state index in [1.54, 1.807) is 18.2 Å². The van der Waals surface area contributed by atoms with Gasteiger partial charge in [-0.05, 0) is 24.6 Å². The minimum absolute atomic E-state index is 0.0344. The normalized spacial score (nSPS) is 18.3. The summed E-state index contributed by atoms with van der Waals surface area (Å²) in [4.78, 5) is 15.9. The van der Waals surface area contributed by atoms with Crippen molar-refractivity contribution in [1.82, 2.24) is 20.5 Å². The second-order valence-electron chi connectivity index (χ2n) is 4.31. The van der Waals surface area contributed by atoms with Gasteiger partial charge in [0.25, 0.3) is 0 Å². The molecule has 20 heavy (non-hydrogen) atoms. The molecule has 3 rings (SSSR count). The Labute approximate surface area is 129 Å². The minimum Gasteiger partial charge on any atom is -0.355 e. The van der Waals surface area contributed by atoms with Crippen molar-refractivity contribution in [1.29, 1.82) is 0 Å². The number of carbonyl (C=O) groups excluding carboxylic acids is 1. The Bertz CT molecular complexity index is 640. The third-order valence-corrected chi connectivity index (χ3v) is 4.41. The topological polar surface area (TPSA) is 70.7 Å². The molecule has 1 saturated heterocycles. The fourth-order valence-electron chi connectivity index (χ4n) is 1.93. The van der Waals surface area contributed by atoms with Crippen molar-refractivity contribution in [3.05, 3.63) is 28.2 Å². The Kier molecular flexibility index (Phi) is 3.87. The van der Waals surface area contributed by atoms with Crippen LogP contribution in [-0.2, 0) is 4.79 Å². The molecule has 1 aromatic heterocycles. The van der Waals surface area contributed by atoms with Crippen molar-refractivity contribution in [2.45, 2.75) is 16.8 Å². The van der Waals surface area contributed by atoms with E-state index in [2.05, 4.69) is 20.5 Å². The highest BCUT2D eigenvalue weighted by Crippen LogP contribution is 2.28. The van der Waals surface area contributed by atoms with Crippen molar-refractivity contribution >= 4 is 40.9 Å². The summed E-state index contributed by atoms with van der Waals surface area (Å²) in [5.74, 6) is 0.613. The Balaban J connectivity index is 1.81. The first-order valence-electron chi connectivity index (χ1n) is 5.95. The maximum Gasteiger partial charge on any atom is 0.233 e. The van der Waals surface area contributed by atoms with E-state index in [0.717, 1.165) is 12.0 Å². The van der Waals surface area contributed by atoms with Crippen LogP contribution in [0.5, 0.6) is 0 Å². The molecule has 8 heteroatoms. The predicted octanol–water partition coefficient (Wildman–Crippen LogP) is 2.76. The summed E-state index contributed by atoms with van der Waals surface area (Å²) >= 11 is 13.3. The molecule has 1 aromatic carbocycles. The van der Waals surface area contributed by atoms with Gasteiger partial charge >= 0.3 is 0 Å². The van der Waals surface area contributed by atoms with E-state index in [0.29, 0.717) is 27.6 Å². The number of nitrogens with zero attached hydrogens (tertiary/aromatic N) is 2. The number of carbonyl (C=O) groups is 1. The summed E-state index contributed by atoms with van der Waals surface area (Å²) in [6.07, 6.45) is 0.788. The van der Waals surface area contributed by atoms with E-state index >= 15 is 0 Å². The highest BCUT2D eigenvalue weighted by Gasteiger charge is 2.26. The summed E-state index contributed by atoms with van der Waals surface area (Å²) in [5.41, 5.74) is 0.762. The van der Waals surface area contributed by atoms with Gasteiger partial charge in [0.05, 0.1) is 5.25 Å². The van der Waals surface area contributed by atoms with Gasteiger partial charge in [-0.1, -0.05) is 35.0 Å². The fraction of sp³-hybridized carbons (Fsp3) is 0.250. The van der Waals surface area contributed by atoms with Crippen LogP contribution in [0.4, 0.5) is 0 Å². The van der Waals surface area contributed by atoms with Crippen molar-refractivity contribution in [2.75, 3.05) is 6.54 Å². The van der Waals surface area contributed by atoms with Gasteiger partial charge in [0.1, 0.15) is 0 Å². The molecule has 1 aliphatic rings. The number of aromatic amines is 1. The Hall–Kier alpha value is -1.24. The quantitative estimate of drug-likeness (QED) is 0.908. The Morgan fingerprint density at radius 1 is 1.25 bits per heavy atom. The highest BCUT2D eigenvalue weighted by molar-refractivity contribution is 8.00. The molecule has 1 aliphatic heterocycles. The van der Waals surface area contributed by atoms with E-state index in [1.165, 1.54) is 11.8 Å². The lowest BCUT2D eigenvalue weighted by molar-refractivity contribution is -0.118. The van der Waals surface area contributed by atoms with E-state index in [-0.39, 0.29) is 11.2 Å². The van der Waals surface area contributed by atoms with Gasteiger partial charge in [0, 0.05) is 22.2 Å². The van der Waals surface area contributed by atoms with Crippen molar-refractivity contribution in [3.8, 4) is 11.4 Å². The zero-order chi connectivity index (χ0) is 14.1. The van der Waals surface area contributed by atoms with Crippen molar-refractivity contribution in [3.63, 3.8) is 0 Å². The number of amides is 1. The van der Waals surface area contributed by atoms with Crippen LogP contribution in [0.1, 0.15) is 6.42 Å². The first-order valence-corrected chi connectivity index (χ1v) is 7.58. The number of H-pyrrole nitrogens is 1. The zero-order valence-electron chi connectivity index (χ0n) is 10.2. The minimum atomic E-state index is -0.124. The molecule has 2 aromatic rings. The lowest BCUT2D eigenvalue weighted by Gasteiger charge is -2.01. The van der Waals surface area contributed by atoms with Crippen LogP contribution in [0.25, 0.3) is 11.4 Å². The maximum atomic E-state index is 11.5. The monoisotopic (exact) mass is 328 g/mol. The van der Waals surface area contributed by atoms with Gasteiger partial charge in [-0.25, -0.2) is 4.98 Å². The predicted molar refractivity (Wildman–Crippen MR) is 79.1 cm³/mol. The van der Waals surface area contributed by atoms with Gasteiger partial charge in [0.15, 0.2) is 5.82 Å². The molecule has 104 valence electrons. The number of halogens is 2. The van der Waals surface area contributed by atoms with E-state index < -0.39 is 0 Å². The van der Waals surface area contributed by atoms with Crippen molar-refractivity contribution < 1.29 is 4.79 Å². The molecule has 1 amide bonds. The molecular formula is C12H10Cl2N4OS. The van der Waals surface area contributed by atoms with Crippen LogP contribution < -0.4 is 5.32 Å². The van der Waals surface area contributed by atoms with Gasteiger partial charge in [-0.3, -0.25) is 9.89 Å². The number of hydrogen-bond acceptors (Lipinski definition) is 4. The lowest BCUT2D eigenvalue weighted by Crippen LogP contribution is -2.20. The Morgan fingerprint density at radius 2 is 2.00 bits per heavy atom. The molecule has 0 radical (unpaired) electrons. The third kappa shape index (κ3) is 2.92. The number of hydrogen-bond donors (Lipinski definition) is 2. The molecule has 2 N–H and O–H groups in total. The number of rotatable bonds is 3. The van der Waals surface area contributed by atoms with Crippen LogP contribution >= 0.6 is 35.0 Å². The second-order valence-corrected chi connectivity index (χ2v) is 6.35. The largest absolute Gasteiger partial charge is 0.355 e. The number of benzene rings is 1. The van der Waals surface area contributed by atoms with E-state index in [1.807, 2.05) is 0 Å². The fourth-order valence-corrected chi connectivity index (χ4v) is 3.38. The summed E-state index contributed by atoms with van der Waals surface area (Å²) in [7, 11) is 0. The third-order valence-electron chi connectivity index (χ3n) is 2.85. The van der Waals surface area contributed by atoms with Gasteiger partial charge in [0.2, 0.25) is 11.1 Å². The first-order chi connectivity index (χ1) is 9.61. The molecule has 0 spiro atoms. The van der Waals surface area contributed by atoms with Crippen molar-refractivity contribution in [2.24, 2.45) is 0 Å². The standard InChI is InChI=1S/C12H10Cl2N4OS/c13-7-3-6(4-8(14)5-7)10-16-12(18-17-10)20-9-1-2-15-11(9)19/h3-5,9H,1-2H2,(H,15,19)(H,16,17,18)/t9-/m1/s1. The average molecular weight is 329 g/mol. The van der Waals surface area contributed by atoms with E-state index in [9.17, 15) is 4.79 Å². The molecular weight excluding hydrogens is 319 g/mol. The number of nitrogens with one attached hydrogen (secondary N) is 2. The number of thioether (sulfide) groups is 1. The van der Waals surface area contributed by atoms with Crippen LogP contribution in [0, 0.1) is 0 Å². The maximum absolute atomic E-state index is 11.5. The summed E-state index contributed by atoms with van der Waals surface area (Å²) in [6.45, 7) is 0.706. The molecule has 5 nitrogen and oxygen atoms in total. The molecule has 0 aliphatic carbocycles. The molecule has 0 saturated carbocycles. The summed E-state index contributed by atoms with van der Waals surface area (Å²) < 4.78 is 0. The molecule has 2 heterocycles. The van der Waals surface area contributed by atoms with Crippen LogP contribution in [0.3, 0.4) is 0 Å². The SMILES string of the molecule is O=C1NCC[C@H]1Sc1n[nH]c(-c2cc(Cl)cc(Cl)c2)n1. The van der Waals surface area contributed by atoms with Gasteiger partial charge < -0.3 is 5.32 Å². The summed E-state index contributed by atoms with van der Waals surface area (Å²) in [5, 5.41) is 11.2. The van der Waals surface area contributed by atoms with Gasteiger partial charge in [-0.2, -0.15) is 0 Å². The second kappa shape index (κ2) is 5.63. The first kappa shape index (κ1) is 13.7.